The van der Waals surface area contributed by atoms with Gasteiger partial charge in [-0.25, -0.2) is 13.9 Å². The lowest BCUT2D eigenvalue weighted by Gasteiger charge is -2.23. The Morgan fingerprint density at radius 3 is 2.38 bits per heavy atom. The lowest BCUT2D eigenvalue weighted by atomic mass is 10.1. The number of benzene rings is 3. The van der Waals surface area contributed by atoms with Crippen LogP contribution in [0.5, 0.6) is 0 Å². The molecule has 2 N–H and O–H groups in total. The van der Waals surface area contributed by atoms with Gasteiger partial charge in [0, 0.05) is 22.6 Å². The van der Waals surface area contributed by atoms with Gasteiger partial charge in [-0.1, -0.05) is 55.8 Å². The van der Waals surface area contributed by atoms with Crippen LogP contribution >= 0.6 is 15.9 Å². The Hall–Kier alpha value is -3.98. The largest absolute Gasteiger partial charge is 0.322 e. The van der Waals surface area contributed by atoms with Gasteiger partial charge in [-0.15, -0.1) is 0 Å². The van der Waals surface area contributed by atoms with Crippen molar-refractivity contribution in [1.29, 1.82) is 0 Å². The summed E-state index contributed by atoms with van der Waals surface area (Å²) >= 11 is 3.43. The standard InChI is InChI=1S/C28H27BrFN5O2/c1-2-3-17-34(28(37)31-24-12-8-7-11-23(24)29)19-27(36)32-26-18-25(20-9-5-4-6-10-20)33-35(26)22-15-13-21(30)14-16-22/h4-16,18H,2-3,17,19H2,1H3,(H,31,37)(H,32,36). The number of para-hydroxylation sites is 1. The maximum Gasteiger partial charge on any atom is 0.322 e. The number of rotatable bonds is 9. The molecular formula is C28H27BrFN5O2. The number of amides is 3. The van der Waals surface area contributed by atoms with E-state index in [1.165, 1.54) is 17.0 Å². The van der Waals surface area contributed by atoms with Crippen LogP contribution in [0, 0.1) is 5.82 Å². The van der Waals surface area contributed by atoms with Crippen LogP contribution < -0.4 is 10.6 Å². The Labute approximate surface area is 223 Å². The van der Waals surface area contributed by atoms with Crippen molar-refractivity contribution < 1.29 is 14.0 Å². The van der Waals surface area contributed by atoms with Gasteiger partial charge in [0.1, 0.15) is 18.2 Å². The van der Waals surface area contributed by atoms with Crippen molar-refractivity contribution in [2.45, 2.75) is 19.8 Å². The fraction of sp³-hybridized carbons (Fsp3) is 0.179. The SMILES string of the molecule is CCCCN(CC(=O)Nc1cc(-c2ccccc2)nn1-c1ccc(F)cc1)C(=O)Nc1ccccc1Br. The summed E-state index contributed by atoms with van der Waals surface area (Å²) < 4.78 is 15.8. The van der Waals surface area contributed by atoms with Crippen molar-refractivity contribution in [3.8, 4) is 16.9 Å². The molecule has 0 saturated heterocycles. The molecule has 0 unspecified atom stereocenters. The van der Waals surface area contributed by atoms with Crippen LogP contribution in [0.25, 0.3) is 16.9 Å². The van der Waals surface area contributed by atoms with Crippen LogP contribution in [0.1, 0.15) is 19.8 Å². The molecule has 0 radical (unpaired) electrons. The monoisotopic (exact) mass is 563 g/mol. The number of nitrogens with one attached hydrogen (secondary N) is 2. The van der Waals surface area contributed by atoms with E-state index in [1.807, 2.05) is 55.5 Å². The summed E-state index contributed by atoms with van der Waals surface area (Å²) in [6.07, 6.45) is 1.63. The van der Waals surface area contributed by atoms with Gasteiger partial charge in [0.25, 0.3) is 0 Å². The number of carbonyl (C=O) groups excluding carboxylic acids is 2. The summed E-state index contributed by atoms with van der Waals surface area (Å²) in [4.78, 5) is 27.7. The molecule has 0 aliphatic rings. The number of unbranched alkanes of at least 4 members (excludes halogenated alkanes) is 1. The molecule has 0 aliphatic carbocycles. The predicted octanol–water partition coefficient (Wildman–Crippen LogP) is 6.71. The molecule has 4 aromatic rings. The van der Waals surface area contributed by atoms with E-state index in [0.29, 0.717) is 29.4 Å². The first-order chi connectivity index (χ1) is 17.9. The van der Waals surface area contributed by atoms with E-state index in [0.717, 1.165) is 22.9 Å². The summed E-state index contributed by atoms with van der Waals surface area (Å²) in [5.41, 5.74) is 2.73. The van der Waals surface area contributed by atoms with Crippen molar-refractivity contribution in [3.63, 3.8) is 0 Å². The van der Waals surface area contributed by atoms with E-state index in [-0.39, 0.29) is 24.3 Å². The number of anilines is 2. The van der Waals surface area contributed by atoms with Crippen molar-refractivity contribution in [2.75, 3.05) is 23.7 Å². The molecule has 0 fully saturated rings. The molecule has 0 spiro atoms. The number of hydrogen-bond acceptors (Lipinski definition) is 3. The Kier molecular flexibility index (Phi) is 8.68. The molecule has 0 bridgehead atoms. The molecule has 0 atom stereocenters. The second-order valence-electron chi connectivity index (χ2n) is 8.40. The smallest absolute Gasteiger partial charge is 0.315 e. The molecule has 7 nitrogen and oxygen atoms in total. The predicted molar refractivity (Wildman–Crippen MR) is 147 cm³/mol. The normalized spacial score (nSPS) is 10.7. The van der Waals surface area contributed by atoms with Crippen LogP contribution in [0.15, 0.2) is 89.4 Å². The molecular weight excluding hydrogens is 537 g/mol. The molecule has 3 amide bonds. The zero-order valence-corrected chi connectivity index (χ0v) is 21.9. The first-order valence-electron chi connectivity index (χ1n) is 12.0. The minimum atomic E-state index is -0.374. The highest BCUT2D eigenvalue weighted by atomic mass is 79.9. The lowest BCUT2D eigenvalue weighted by Crippen LogP contribution is -2.41. The van der Waals surface area contributed by atoms with Gasteiger partial charge in [-0.3, -0.25) is 4.79 Å². The fourth-order valence-electron chi connectivity index (χ4n) is 3.71. The van der Waals surface area contributed by atoms with E-state index >= 15 is 0 Å². The Morgan fingerprint density at radius 2 is 1.68 bits per heavy atom. The van der Waals surface area contributed by atoms with Gasteiger partial charge in [0.05, 0.1) is 17.1 Å². The molecule has 37 heavy (non-hydrogen) atoms. The first kappa shape index (κ1) is 26.1. The molecule has 190 valence electrons. The van der Waals surface area contributed by atoms with Gasteiger partial charge >= 0.3 is 6.03 Å². The van der Waals surface area contributed by atoms with Gasteiger partial charge in [-0.2, -0.15) is 5.10 Å². The van der Waals surface area contributed by atoms with Crippen molar-refractivity contribution in [1.82, 2.24) is 14.7 Å². The zero-order chi connectivity index (χ0) is 26.2. The maximum atomic E-state index is 13.5. The number of halogens is 2. The van der Waals surface area contributed by atoms with Crippen molar-refractivity contribution in [2.24, 2.45) is 0 Å². The van der Waals surface area contributed by atoms with Gasteiger partial charge in [-0.05, 0) is 58.7 Å². The third-order valence-electron chi connectivity index (χ3n) is 5.64. The number of hydrogen-bond donors (Lipinski definition) is 2. The second-order valence-corrected chi connectivity index (χ2v) is 9.26. The number of nitrogens with zero attached hydrogens (tertiary/aromatic N) is 3. The number of urea groups is 1. The molecule has 0 aliphatic heterocycles. The van der Waals surface area contributed by atoms with E-state index in [2.05, 4.69) is 31.7 Å². The fourth-order valence-corrected chi connectivity index (χ4v) is 4.10. The molecule has 1 heterocycles. The van der Waals surface area contributed by atoms with Gasteiger partial charge < -0.3 is 15.5 Å². The minimum absolute atomic E-state index is 0.147. The lowest BCUT2D eigenvalue weighted by molar-refractivity contribution is -0.116. The minimum Gasteiger partial charge on any atom is -0.315 e. The van der Waals surface area contributed by atoms with E-state index in [9.17, 15) is 14.0 Å². The highest BCUT2D eigenvalue weighted by Gasteiger charge is 2.20. The third kappa shape index (κ3) is 6.83. The summed E-state index contributed by atoms with van der Waals surface area (Å²) in [7, 11) is 0. The average Bonchev–Trinajstić information content (AvgIpc) is 3.32. The van der Waals surface area contributed by atoms with E-state index in [1.54, 1.807) is 28.9 Å². The number of aromatic nitrogens is 2. The highest BCUT2D eigenvalue weighted by molar-refractivity contribution is 9.10. The maximum absolute atomic E-state index is 13.5. The summed E-state index contributed by atoms with van der Waals surface area (Å²) in [5.74, 6) is -0.328. The number of carbonyl (C=O) groups is 2. The quantitative estimate of drug-likeness (QED) is 0.237. The third-order valence-corrected chi connectivity index (χ3v) is 6.33. The summed E-state index contributed by atoms with van der Waals surface area (Å²) in [6, 6.07) is 24.1. The summed E-state index contributed by atoms with van der Waals surface area (Å²) in [6.45, 7) is 2.30. The molecule has 0 saturated carbocycles. The van der Waals surface area contributed by atoms with E-state index in [4.69, 9.17) is 0 Å². The first-order valence-corrected chi connectivity index (χ1v) is 12.8. The molecule has 4 rings (SSSR count). The van der Waals surface area contributed by atoms with Crippen LogP contribution in [0.4, 0.5) is 20.7 Å². The Bertz CT molecular complexity index is 1360. The topological polar surface area (TPSA) is 79.3 Å². The second kappa shape index (κ2) is 12.3. The van der Waals surface area contributed by atoms with Crippen molar-refractivity contribution >= 4 is 39.4 Å². The van der Waals surface area contributed by atoms with E-state index < -0.39 is 0 Å². The van der Waals surface area contributed by atoms with Gasteiger partial charge in [0.2, 0.25) is 5.91 Å². The van der Waals surface area contributed by atoms with Crippen LogP contribution in [-0.2, 0) is 4.79 Å². The van der Waals surface area contributed by atoms with Crippen molar-refractivity contribution in [3.05, 3.63) is 95.2 Å². The summed E-state index contributed by atoms with van der Waals surface area (Å²) in [5, 5.41) is 10.4. The van der Waals surface area contributed by atoms with Crippen LogP contribution in [-0.4, -0.2) is 39.7 Å². The highest BCUT2D eigenvalue weighted by Crippen LogP contribution is 2.25. The van der Waals surface area contributed by atoms with Crippen LogP contribution in [0.2, 0.25) is 0 Å². The Morgan fingerprint density at radius 1 is 0.973 bits per heavy atom. The molecule has 1 aromatic heterocycles. The van der Waals surface area contributed by atoms with Crippen LogP contribution in [0.3, 0.4) is 0 Å². The average molecular weight is 564 g/mol. The molecule has 3 aromatic carbocycles. The molecule has 9 heteroatoms. The Balaban J connectivity index is 1.56. The van der Waals surface area contributed by atoms with Gasteiger partial charge in [0.15, 0.2) is 0 Å². The zero-order valence-electron chi connectivity index (χ0n) is 20.3.